The molecule has 0 aliphatic carbocycles. The lowest BCUT2D eigenvalue weighted by Crippen LogP contribution is -2.38. The number of hydrogen-bond acceptors (Lipinski definition) is 6. The van der Waals surface area contributed by atoms with E-state index in [1.54, 1.807) is 29.0 Å². The fourth-order valence-corrected chi connectivity index (χ4v) is 4.07. The van der Waals surface area contributed by atoms with E-state index in [1.807, 2.05) is 6.92 Å². The summed E-state index contributed by atoms with van der Waals surface area (Å²) in [7, 11) is 0. The number of amidine groups is 1. The number of hydrogen-bond donors (Lipinski definition) is 2. The summed E-state index contributed by atoms with van der Waals surface area (Å²) in [4.78, 5) is 17.9. The lowest BCUT2D eigenvalue weighted by atomic mass is 10.0. The van der Waals surface area contributed by atoms with Crippen LogP contribution in [0.2, 0.25) is 0 Å². The molecule has 3 heterocycles. The van der Waals surface area contributed by atoms with Crippen molar-refractivity contribution < 1.29 is 27.5 Å². The van der Waals surface area contributed by atoms with Crippen molar-refractivity contribution in [3.63, 3.8) is 0 Å². The molecule has 0 unspecified atom stereocenters. The average Bonchev–Trinajstić information content (AvgIpc) is 3.43. The monoisotopic (exact) mass is 506 g/mol. The molecule has 1 amide bonds. The lowest BCUT2D eigenvalue weighted by Gasteiger charge is -2.24. The Morgan fingerprint density at radius 1 is 1.31 bits per heavy atom. The van der Waals surface area contributed by atoms with Gasteiger partial charge in [-0.05, 0) is 32.4 Å². The Kier molecular flexibility index (Phi) is 6.98. The van der Waals surface area contributed by atoms with Crippen LogP contribution in [0.15, 0.2) is 52.3 Å². The fourth-order valence-electron chi connectivity index (χ4n) is 4.07. The van der Waals surface area contributed by atoms with Gasteiger partial charge >= 0.3 is 6.18 Å². The molecule has 192 valence electrons. The van der Waals surface area contributed by atoms with Gasteiger partial charge in [0.05, 0.1) is 54.3 Å². The second-order valence-electron chi connectivity index (χ2n) is 8.84. The number of hydrazone groups is 1. The topological polar surface area (TPSA) is 95.1 Å². The first-order chi connectivity index (χ1) is 17.0. The molecule has 0 radical (unpaired) electrons. The van der Waals surface area contributed by atoms with Crippen LogP contribution in [0.25, 0.3) is 0 Å². The number of allylic oxidation sites excluding steroid dienone is 1. The van der Waals surface area contributed by atoms with Gasteiger partial charge in [0.2, 0.25) is 0 Å². The minimum atomic E-state index is -4.85. The predicted molar refractivity (Wildman–Crippen MR) is 125 cm³/mol. The van der Waals surface area contributed by atoms with Crippen LogP contribution in [0.3, 0.4) is 0 Å². The number of aliphatic hydroxyl groups is 1. The summed E-state index contributed by atoms with van der Waals surface area (Å²) in [5, 5.41) is 22.6. The molecule has 1 aromatic heterocycles. The third kappa shape index (κ3) is 5.18. The first-order valence-electron chi connectivity index (χ1n) is 11.5. The molecule has 36 heavy (non-hydrogen) atoms. The van der Waals surface area contributed by atoms with Crippen molar-refractivity contribution in [3.05, 3.63) is 64.7 Å². The Morgan fingerprint density at radius 2 is 2.06 bits per heavy atom. The van der Waals surface area contributed by atoms with Gasteiger partial charge in [-0.2, -0.15) is 23.4 Å². The summed E-state index contributed by atoms with van der Waals surface area (Å²) in [6, 6.07) is 1.84. The zero-order chi connectivity index (χ0) is 26.2. The van der Waals surface area contributed by atoms with Crippen LogP contribution < -0.4 is 5.32 Å². The normalized spacial score (nSPS) is 19.3. The predicted octanol–water partition coefficient (Wildman–Crippen LogP) is 3.44. The number of fused-ring (bicyclic) bond motifs is 1. The van der Waals surface area contributed by atoms with E-state index >= 15 is 0 Å². The Bertz CT molecular complexity index is 1250. The Balaban J connectivity index is 1.63. The molecule has 2 aliphatic rings. The van der Waals surface area contributed by atoms with Crippen molar-refractivity contribution in [2.24, 2.45) is 10.1 Å². The second kappa shape index (κ2) is 9.84. The summed E-state index contributed by atoms with van der Waals surface area (Å²) in [5.41, 5.74) is -0.459. The zero-order valence-corrected chi connectivity index (χ0v) is 19.9. The van der Waals surface area contributed by atoms with Gasteiger partial charge in [-0.3, -0.25) is 14.5 Å². The minimum absolute atomic E-state index is 0.0874. The molecule has 12 heteroatoms. The van der Waals surface area contributed by atoms with Crippen LogP contribution >= 0.6 is 0 Å². The maximum atomic E-state index is 14.6. The average molecular weight is 507 g/mol. The number of aliphatic hydroxyl groups excluding tert-OH is 1. The molecule has 0 saturated carbocycles. The molecule has 0 fully saturated rings. The van der Waals surface area contributed by atoms with Gasteiger partial charge in [0.25, 0.3) is 5.91 Å². The molecule has 4 rings (SSSR count). The van der Waals surface area contributed by atoms with Crippen molar-refractivity contribution in [3.8, 4) is 0 Å². The number of benzene rings is 1. The summed E-state index contributed by atoms with van der Waals surface area (Å²) in [6.45, 7) is 5.74. The number of halogens is 4. The van der Waals surface area contributed by atoms with E-state index in [2.05, 4.69) is 20.5 Å². The number of carbonyl (C=O) groups is 1. The first kappa shape index (κ1) is 25.5. The van der Waals surface area contributed by atoms with E-state index < -0.39 is 35.6 Å². The number of aliphatic imine (C=N–C) groups is 1. The maximum absolute atomic E-state index is 14.6. The number of nitrogens with zero attached hydrogens (tertiary/aromatic N) is 5. The van der Waals surface area contributed by atoms with Crippen LogP contribution in [-0.4, -0.2) is 56.0 Å². The summed E-state index contributed by atoms with van der Waals surface area (Å²) in [6.07, 6.45) is 0.0351. The number of alkyl halides is 3. The van der Waals surface area contributed by atoms with Crippen LogP contribution in [-0.2, 0) is 17.5 Å². The van der Waals surface area contributed by atoms with E-state index in [4.69, 9.17) is 0 Å². The van der Waals surface area contributed by atoms with Gasteiger partial charge in [-0.25, -0.2) is 9.40 Å². The molecule has 3 atom stereocenters. The van der Waals surface area contributed by atoms with E-state index in [0.29, 0.717) is 29.7 Å². The number of aromatic nitrogens is 2. The van der Waals surface area contributed by atoms with Crippen molar-refractivity contribution in [2.45, 2.75) is 58.1 Å². The molecule has 1 aromatic carbocycles. The molecule has 0 saturated heterocycles. The Labute approximate surface area is 205 Å². The largest absolute Gasteiger partial charge is 0.419 e. The summed E-state index contributed by atoms with van der Waals surface area (Å²) >= 11 is 0. The van der Waals surface area contributed by atoms with Crippen LogP contribution in [0.4, 0.5) is 17.6 Å². The second-order valence-corrected chi connectivity index (χ2v) is 8.84. The highest BCUT2D eigenvalue weighted by Gasteiger charge is 2.37. The van der Waals surface area contributed by atoms with Gasteiger partial charge in [0.1, 0.15) is 5.82 Å². The maximum Gasteiger partial charge on any atom is 0.419 e. The number of nitrogens with one attached hydrogen (secondary N) is 1. The molecule has 0 spiro atoms. The van der Waals surface area contributed by atoms with Gasteiger partial charge in [-0.15, -0.1) is 0 Å². The highest BCUT2D eigenvalue weighted by molar-refractivity contribution is 6.28. The van der Waals surface area contributed by atoms with Gasteiger partial charge in [-0.1, -0.05) is 19.1 Å². The third-order valence-electron chi connectivity index (χ3n) is 5.93. The Morgan fingerprint density at radius 3 is 2.72 bits per heavy atom. The van der Waals surface area contributed by atoms with Crippen LogP contribution in [0, 0.1) is 5.82 Å². The van der Waals surface area contributed by atoms with E-state index in [9.17, 15) is 27.5 Å². The van der Waals surface area contributed by atoms with Gasteiger partial charge < -0.3 is 10.4 Å². The van der Waals surface area contributed by atoms with E-state index in [0.717, 1.165) is 12.5 Å². The summed E-state index contributed by atoms with van der Waals surface area (Å²) in [5.74, 6) is -1.70. The van der Waals surface area contributed by atoms with E-state index in [-0.39, 0.29) is 23.7 Å². The molecular weight excluding hydrogens is 480 g/mol. The molecule has 2 N–H and O–H groups in total. The molecule has 2 aromatic rings. The van der Waals surface area contributed by atoms with Crippen LogP contribution in [0.1, 0.15) is 49.9 Å². The quantitative estimate of drug-likeness (QED) is 0.563. The molecule has 8 nitrogen and oxygen atoms in total. The standard InChI is InChI=1S/C24H26F4N6O2/c1-4-16-12-34-22(31-16)18(8-20(32-34)15-9-29-33(11-15)10-13(2)35)23(36)30-14(3)17-6-5-7-19(21(17)25)24(26,27)28/h5-9,11,13-14,16,35H,4,10,12H2,1-3H3,(H,30,36)/t13-,14+,16+/m0/s1. The first-order valence-corrected chi connectivity index (χ1v) is 11.5. The Hall–Kier alpha value is -3.54. The SMILES string of the molecule is CC[C@@H]1CN2N=C(c3cnn(C[C@H](C)O)c3)C=C(C(=O)N[C@H](C)c3cccc(C(F)(F)F)c3F)C2=N1. The van der Waals surface area contributed by atoms with Crippen molar-refractivity contribution >= 4 is 17.5 Å². The third-order valence-corrected chi connectivity index (χ3v) is 5.93. The van der Waals surface area contributed by atoms with Gasteiger partial charge in [0.15, 0.2) is 5.84 Å². The number of carbonyl (C=O) groups excluding carboxylic acids is 1. The highest BCUT2D eigenvalue weighted by Crippen LogP contribution is 2.34. The van der Waals surface area contributed by atoms with Crippen molar-refractivity contribution in [1.82, 2.24) is 20.1 Å². The lowest BCUT2D eigenvalue weighted by molar-refractivity contribution is -0.140. The molecule has 0 bridgehead atoms. The van der Waals surface area contributed by atoms with Crippen molar-refractivity contribution in [2.75, 3.05) is 6.54 Å². The smallest absolute Gasteiger partial charge is 0.391 e. The van der Waals surface area contributed by atoms with Crippen molar-refractivity contribution in [1.29, 1.82) is 0 Å². The summed E-state index contributed by atoms with van der Waals surface area (Å²) < 4.78 is 55.6. The van der Waals surface area contributed by atoms with E-state index in [1.165, 1.54) is 19.1 Å². The van der Waals surface area contributed by atoms with Gasteiger partial charge in [0, 0.05) is 17.3 Å². The fraction of sp³-hybridized carbons (Fsp3) is 0.417. The minimum Gasteiger partial charge on any atom is -0.391 e. The number of amides is 1. The number of rotatable bonds is 7. The zero-order valence-electron chi connectivity index (χ0n) is 19.9. The molecular formula is C24H26F4N6O2. The molecule has 2 aliphatic heterocycles. The van der Waals surface area contributed by atoms with Crippen LogP contribution in [0.5, 0.6) is 0 Å². The highest BCUT2D eigenvalue weighted by atomic mass is 19.4.